The maximum atomic E-state index is 12.6. The van der Waals surface area contributed by atoms with Crippen LogP contribution in [0.5, 0.6) is 0 Å². The second-order valence-corrected chi connectivity index (χ2v) is 17.0. The molecule has 322 valence electrons. The van der Waals surface area contributed by atoms with E-state index in [-0.39, 0.29) is 13.0 Å². The van der Waals surface area contributed by atoms with Crippen molar-refractivity contribution in [1.82, 2.24) is 0 Å². The topological polar surface area (TPSA) is 155 Å². The number of phosphoric acid groups is 1. The Morgan fingerprint density at radius 1 is 0.519 bits per heavy atom. The first-order valence-electron chi connectivity index (χ1n) is 22.6. The summed E-state index contributed by atoms with van der Waals surface area (Å²) in [7, 11) is -4.61. The number of carbonyl (C=O) groups excluding carboxylic acids is 1. The zero-order chi connectivity index (χ0) is 39.8. The number of ether oxygens (including phenoxy) is 2. The first-order valence-corrected chi connectivity index (χ1v) is 24.1. The Morgan fingerprint density at radius 2 is 0.852 bits per heavy atom. The van der Waals surface area contributed by atoms with E-state index in [1.165, 1.54) is 167 Å². The van der Waals surface area contributed by atoms with Gasteiger partial charge in [0, 0.05) is 13.0 Å². The van der Waals surface area contributed by atoms with Gasteiger partial charge in [-0.2, -0.15) is 0 Å². The van der Waals surface area contributed by atoms with Crippen LogP contribution >= 0.6 is 7.82 Å². The molecule has 0 aliphatic rings. The van der Waals surface area contributed by atoms with Crippen molar-refractivity contribution in [2.24, 2.45) is 5.73 Å². The zero-order valence-electron chi connectivity index (χ0n) is 35.1. The molecule has 11 heteroatoms. The molecule has 0 spiro atoms. The molecular formula is C43H86NO9P. The van der Waals surface area contributed by atoms with Gasteiger partial charge in [-0.25, -0.2) is 4.57 Å². The average molecular weight is 792 g/mol. The second-order valence-electron chi connectivity index (χ2n) is 15.5. The molecule has 0 aromatic rings. The van der Waals surface area contributed by atoms with E-state index in [1.807, 2.05) is 0 Å². The SMILES string of the molecule is CCCCCCCCCCCCCCCCCCOC[C@H](COP(=O)(O)OC[C@H](N)C(=O)O)OC(=O)CCCCCCCCCCCCCCCCCC. The van der Waals surface area contributed by atoms with Crippen molar-refractivity contribution in [3.63, 3.8) is 0 Å². The van der Waals surface area contributed by atoms with Crippen molar-refractivity contribution in [3.05, 3.63) is 0 Å². The number of hydrogen-bond donors (Lipinski definition) is 3. The molecular weight excluding hydrogens is 705 g/mol. The summed E-state index contributed by atoms with van der Waals surface area (Å²) in [5.41, 5.74) is 5.36. The molecule has 3 atom stereocenters. The van der Waals surface area contributed by atoms with Crippen LogP contribution in [0.25, 0.3) is 0 Å². The molecule has 0 radical (unpaired) electrons. The summed E-state index contributed by atoms with van der Waals surface area (Å²) in [4.78, 5) is 33.5. The Morgan fingerprint density at radius 3 is 1.22 bits per heavy atom. The van der Waals surface area contributed by atoms with Crippen LogP contribution in [0.4, 0.5) is 0 Å². The van der Waals surface area contributed by atoms with E-state index in [4.69, 9.17) is 29.4 Å². The van der Waals surface area contributed by atoms with Gasteiger partial charge in [0.2, 0.25) is 0 Å². The number of rotatable bonds is 44. The van der Waals surface area contributed by atoms with Crippen LogP contribution in [0.2, 0.25) is 0 Å². The van der Waals surface area contributed by atoms with Crippen molar-refractivity contribution in [2.75, 3.05) is 26.4 Å². The van der Waals surface area contributed by atoms with Gasteiger partial charge in [-0.3, -0.25) is 18.6 Å². The Bertz CT molecular complexity index is 878. The van der Waals surface area contributed by atoms with Crippen molar-refractivity contribution in [2.45, 2.75) is 238 Å². The average Bonchev–Trinajstić information content (AvgIpc) is 3.15. The van der Waals surface area contributed by atoms with E-state index in [2.05, 4.69) is 13.8 Å². The number of carboxylic acids is 1. The minimum absolute atomic E-state index is 0.0259. The van der Waals surface area contributed by atoms with Crippen molar-refractivity contribution >= 4 is 19.8 Å². The number of phosphoric ester groups is 1. The van der Waals surface area contributed by atoms with Crippen LogP contribution in [0.1, 0.15) is 226 Å². The minimum Gasteiger partial charge on any atom is -0.480 e. The molecule has 0 aliphatic heterocycles. The van der Waals surface area contributed by atoms with Gasteiger partial charge < -0.3 is 25.2 Å². The van der Waals surface area contributed by atoms with Gasteiger partial charge in [0.25, 0.3) is 0 Å². The third-order valence-corrected chi connectivity index (χ3v) is 11.1. The number of carboxylic acid groups (broad SMARTS) is 1. The molecule has 4 N–H and O–H groups in total. The molecule has 0 saturated heterocycles. The fraction of sp³-hybridized carbons (Fsp3) is 0.953. The highest BCUT2D eigenvalue weighted by Gasteiger charge is 2.27. The molecule has 0 rings (SSSR count). The minimum atomic E-state index is -4.61. The summed E-state index contributed by atoms with van der Waals surface area (Å²) in [6.07, 6.45) is 40.0. The first kappa shape index (κ1) is 53.0. The smallest absolute Gasteiger partial charge is 0.472 e. The van der Waals surface area contributed by atoms with E-state index >= 15 is 0 Å². The molecule has 0 aromatic carbocycles. The molecule has 0 bridgehead atoms. The van der Waals surface area contributed by atoms with Gasteiger partial charge in [-0.05, 0) is 12.8 Å². The largest absolute Gasteiger partial charge is 0.480 e. The molecule has 1 unspecified atom stereocenters. The number of nitrogens with two attached hydrogens (primary N) is 1. The first-order chi connectivity index (χ1) is 26.2. The normalized spacial score (nSPS) is 13.9. The van der Waals surface area contributed by atoms with Gasteiger partial charge >= 0.3 is 19.8 Å². The van der Waals surface area contributed by atoms with Gasteiger partial charge in [0.15, 0.2) is 0 Å². The Kier molecular flexibility index (Phi) is 39.4. The standard InChI is InChI=1S/C43H86NO9P/c1-3-5-7-9-11-13-15-17-19-21-23-25-27-29-31-33-35-42(45)53-40(38-51-54(48,49)52-39-41(44)43(46)47)37-50-36-34-32-30-28-26-24-22-20-18-16-14-12-10-8-6-4-2/h40-41H,3-39,44H2,1-2H3,(H,46,47)(H,48,49)/t40-,41+/m1/s1. The van der Waals surface area contributed by atoms with Gasteiger partial charge in [0.05, 0.1) is 19.8 Å². The lowest BCUT2D eigenvalue weighted by Crippen LogP contribution is -2.34. The molecule has 0 aromatic heterocycles. The summed E-state index contributed by atoms with van der Waals surface area (Å²) in [6, 6.07) is -1.47. The number of esters is 1. The lowest BCUT2D eigenvalue weighted by Gasteiger charge is -2.20. The highest BCUT2D eigenvalue weighted by atomic mass is 31.2. The van der Waals surface area contributed by atoms with E-state index in [0.717, 1.165) is 38.5 Å². The van der Waals surface area contributed by atoms with Gasteiger partial charge in [0.1, 0.15) is 12.1 Å². The molecule has 0 heterocycles. The number of aliphatic carboxylic acids is 1. The molecule has 0 amide bonds. The van der Waals surface area contributed by atoms with Crippen LogP contribution in [0, 0.1) is 0 Å². The highest BCUT2D eigenvalue weighted by molar-refractivity contribution is 7.47. The molecule has 0 saturated carbocycles. The Labute approximate surface area is 331 Å². The fourth-order valence-corrected chi connectivity index (χ4v) is 7.38. The zero-order valence-corrected chi connectivity index (χ0v) is 36.0. The van der Waals surface area contributed by atoms with Crippen LogP contribution < -0.4 is 5.73 Å². The van der Waals surface area contributed by atoms with E-state index < -0.39 is 45.1 Å². The maximum absolute atomic E-state index is 12.6. The molecule has 54 heavy (non-hydrogen) atoms. The van der Waals surface area contributed by atoms with E-state index in [0.29, 0.717) is 6.61 Å². The van der Waals surface area contributed by atoms with Crippen LogP contribution in [-0.4, -0.2) is 60.5 Å². The van der Waals surface area contributed by atoms with E-state index in [9.17, 15) is 19.0 Å². The van der Waals surface area contributed by atoms with Crippen LogP contribution in [-0.2, 0) is 32.7 Å². The lowest BCUT2D eigenvalue weighted by molar-refractivity contribution is -0.154. The molecule has 0 aliphatic carbocycles. The summed E-state index contributed by atoms with van der Waals surface area (Å²) >= 11 is 0. The quantitative estimate of drug-likeness (QED) is 0.0308. The van der Waals surface area contributed by atoms with Crippen molar-refractivity contribution in [3.8, 4) is 0 Å². The van der Waals surface area contributed by atoms with Crippen molar-refractivity contribution < 1.29 is 42.7 Å². The number of hydrogen-bond acceptors (Lipinski definition) is 8. The van der Waals surface area contributed by atoms with Gasteiger partial charge in [-0.15, -0.1) is 0 Å². The maximum Gasteiger partial charge on any atom is 0.472 e. The summed E-state index contributed by atoms with van der Waals surface area (Å²) in [5, 5.41) is 8.90. The Hall–Kier alpha value is -1.03. The third-order valence-electron chi connectivity index (χ3n) is 10.1. The summed E-state index contributed by atoms with van der Waals surface area (Å²) in [6.45, 7) is 3.93. The Balaban J connectivity index is 4.17. The lowest BCUT2D eigenvalue weighted by atomic mass is 10.0. The monoisotopic (exact) mass is 792 g/mol. The van der Waals surface area contributed by atoms with Crippen LogP contribution in [0.3, 0.4) is 0 Å². The van der Waals surface area contributed by atoms with Gasteiger partial charge in [-0.1, -0.05) is 206 Å². The predicted molar refractivity (Wildman–Crippen MR) is 222 cm³/mol. The van der Waals surface area contributed by atoms with Crippen LogP contribution in [0.15, 0.2) is 0 Å². The number of carbonyl (C=O) groups is 2. The van der Waals surface area contributed by atoms with E-state index in [1.54, 1.807) is 0 Å². The number of unbranched alkanes of at least 4 members (excludes halogenated alkanes) is 30. The molecule has 0 fully saturated rings. The molecule has 10 nitrogen and oxygen atoms in total. The summed E-state index contributed by atoms with van der Waals surface area (Å²) in [5.74, 6) is -1.76. The highest BCUT2D eigenvalue weighted by Crippen LogP contribution is 2.43. The van der Waals surface area contributed by atoms with Crippen molar-refractivity contribution in [1.29, 1.82) is 0 Å². The summed E-state index contributed by atoms with van der Waals surface area (Å²) < 4.78 is 33.4. The second kappa shape index (κ2) is 40.2. The predicted octanol–water partition coefficient (Wildman–Crippen LogP) is 12.4. The third kappa shape index (κ3) is 39.2. The fourth-order valence-electron chi connectivity index (χ4n) is 6.61.